The Balaban J connectivity index is 1.43. The van der Waals surface area contributed by atoms with Crippen LogP contribution in [0.4, 0.5) is 5.69 Å². The maximum Gasteiger partial charge on any atom is 0.155 e. The fraction of sp³-hybridized carbons (Fsp3) is 0.577. The van der Waals surface area contributed by atoms with Crippen molar-refractivity contribution in [3.8, 4) is 17.1 Å². The third-order valence-electron chi connectivity index (χ3n) is 7.37. The molecule has 2 fully saturated rings. The van der Waals surface area contributed by atoms with Crippen molar-refractivity contribution in [2.75, 3.05) is 38.2 Å². The maximum absolute atomic E-state index is 7.43. The zero-order chi connectivity index (χ0) is 23.7. The Morgan fingerprint density at radius 1 is 1.21 bits per heavy atom. The normalized spacial score (nSPS) is 21.7. The van der Waals surface area contributed by atoms with Crippen LogP contribution in [0.3, 0.4) is 0 Å². The predicted molar refractivity (Wildman–Crippen MR) is 137 cm³/mol. The first-order valence-electron chi connectivity index (χ1n) is 12.7. The lowest BCUT2D eigenvalue weighted by Crippen LogP contribution is -2.41. The molecule has 3 aliphatic heterocycles. The third-order valence-corrected chi connectivity index (χ3v) is 7.37. The average Bonchev–Trinajstić information content (AvgIpc) is 3.43. The van der Waals surface area contributed by atoms with Gasteiger partial charge in [-0.1, -0.05) is 0 Å². The highest BCUT2D eigenvalue weighted by atomic mass is 16.5. The highest BCUT2D eigenvalue weighted by molar-refractivity contribution is 6.01. The van der Waals surface area contributed by atoms with E-state index in [1.165, 1.54) is 44.5 Å². The van der Waals surface area contributed by atoms with Gasteiger partial charge in [-0.2, -0.15) is 0 Å². The molecule has 182 valence electrons. The molecule has 0 radical (unpaired) electrons. The second-order valence-corrected chi connectivity index (χ2v) is 10.1. The summed E-state index contributed by atoms with van der Waals surface area (Å²) in [6, 6.07) is 7.49. The van der Waals surface area contributed by atoms with Crippen molar-refractivity contribution in [1.82, 2.24) is 19.8 Å². The lowest BCUT2D eigenvalue weighted by Gasteiger charge is -2.38. The van der Waals surface area contributed by atoms with Gasteiger partial charge in [-0.25, -0.2) is 9.98 Å². The van der Waals surface area contributed by atoms with Crippen LogP contribution >= 0.6 is 0 Å². The molecule has 2 aromatic rings. The van der Waals surface area contributed by atoms with Crippen LogP contribution in [0.1, 0.15) is 45.2 Å². The number of nitrogens with zero attached hydrogens (tertiary/aromatic N) is 5. The predicted octanol–water partition coefficient (Wildman–Crippen LogP) is 3.60. The number of imidazole rings is 1. The molecule has 0 bridgehead atoms. The first-order valence-corrected chi connectivity index (χ1v) is 12.7. The Hall–Kier alpha value is -2.87. The van der Waals surface area contributed by atoms with E-state index in [0.29, 0.717) is 18.5 Å². The second-order valence-electron chi connectivity index (χ2n) is 10.1. The van der Waals surface area contributed by atoms with Gasteiger partial charge in [0, 0.05) is 36.6 Å². The minimum atomic E-state index is 0.205. The molecule has 0 saturated carbocycles. The molecule has 2 saturated heterocycles. The number of amidine groups is 1. The van der Waals surface area contributed by atoms with Gasteiger partial charge in [-0.05, 0) is 77.7 Å². The largest absolute Gasteiger partial charge is 0.491 e. The molecule has 1 unspecified atom stereocenters. The lowest BCUT2D eigenvalue weighted by atomic mass is 9.88. The van der Waals surface area contributed by atoms with Crippen molar-refractivity contribution in [1.29, 1.82) is 5.41 Å². The Kier molecular flexibility index (Phi) is 6.59. The van der Waals surface area contributed by atoms with E-state index in [9.17, 15) is 0 Å². The average molecular weight is 464 g/mol. The van der Waals surface area contributed by atoms with Gasteiger partial charge in [0.15, 0.2) is 5.84 Å². The molecule has 34 heavy (non-hydrogen) atoms. The highest BCUT2D eigenvalue weighted by Gasteiger charge is 2.34. The number of nitrogens with one attached hydrogen (secondary N) is 2. The van der Waals surface area contributed by atoms with E-state index in [0.717, 1.165) is 48.2 Å². The molecule has 4 heterocycles. The molecule has 8 nitrogen and oxygen atoms in total. The van der Waals surface area contributed by atoms with Gasteiger partial charge in [-0.15, -0.1) is 0 Å². The van der Waals surface area contributed by atoms with E-state index < -0.39 is 0 Å². The third kappa shape index (κ3) is 4.56. The Bertz CT molecular complexity index is 1050. The zero-order valence-corrected chi connectivity index (χ0v) is 20.6. The standard InChI is InChI=1S/C26H37N7O/c1-18(2)29-25(28-17-27)22-16-32-13-14-34-24-15-20(6-7-21(24)26(32)30-22)33-10-4-5-23(33)19-8-11-31(3)12-9-19/h6-7,15-19,23H,4-5,8-14H2,1-3H3,(H2,27,28,29). The van der Waals surface area contributed by atoms with Crippen LogP contribution in [0.5, 0.6) is 5.75 Å². The van der Waals surface area contributed by atoms with Crippen LogP contribution in [-0.4, -0.2) is 72.0 Å². The minimum Gasteiger partial charge on any atom is -0.491 e. The summed E-state index contributed by atoms with van der Waals surface area (Å²) in [5, 5.41) is 10.7. The van der Waals surface area contributed by atoms with Crippen molar-refractivity contribution in [2.45, 2.75) is 58.2 Å². The minimum absolute atomic E-state index is 0.205. The summed E-state index contributed by atoms with van der Waals surface area (Å²) in [6.07, 6.45) is 8.22. The summed E-state index contributed by atoms with van der Waals surface area (Å²) in [5.41, 5.74) is 3.04. The number of benzene rings is 1. The second kappa shape index (κ2) is 9.78. The first-order chi connectivity index (χ1) is 16.5. The van der Waals surface area contributed by atoms with E-state index >= 15 is 0 Å². The van der Waals surface area contributed by atoms with Gasteiger partial charge in [0.05, 0.1) is 12.1 Å². The smallest absolute Gasteiger partial charge is 0.155 e. The van der Waals surface area contributed by atoms with E-state index in [1.807, 2.05) is 6.20 Å². The maximum atomic E-state index is 7.43. The number of rotatable bonds is 5. The summed E-state index contributed by atoms with van der Waals surface area (Å²) in [6.45, 7) is 8.99. The molecule has 1 aromatic carbocycles. The number of likely N-dealkylation sites (tertiary alicyclic amines) is 1. The first kappa shape index (κ1) is 22.9. The van der Waals surface area contributed by atoms with Crippen molar-refractivity contribution < 1.29 is 4.74 Å². The Morgan fingerprint density at radius 2 is 2.03 bits per heavy atom. The van der Waals surface area contributed by atoms with Crippen molar-refractivity contribution in [3.05, 3.63) is 30.1 Å². The molecule has 0 spiro atoms. The molecule has 3 aliphatic rings. The van der Waals surface area contributed by atoms with Gasteiger partial charge >= 0.3 is 0 Å². The molecule has 2 N–H and O–H groups in total. The summed E-state index contributed by atoms with van der Waals surface area (Å²) in [4.78, 5) is 14.2. The number of anilines is 1. The topological polar surface area (TPSA) is 81.8 Å². The van der Waals surface area contributed by atoms with E-state index in [4.69, 9.17) is 15.1 Å². The summed E-state index contributed by atoms with van der Waals surface area (Å²) in [7, 11) is 2.24. The number of hydrogen-bond acceptors (Lipinski definition) is 5. The Labute approximate surface area is 202 Å². The fourth-order valence-electron chi connectivity index (χ4n) is 5.70. The Morgan fingerprint density at radius 3 is 2.79 bits per heavy atom. The van der Waals surface area contributed by atoms with Gasteiger partial charge in [0.2, 0.25) is 0 Å². The molecule has 8 heteroatoms. The summed E-state index contributed by atoms with van der Waals surface area (Å²) in [5.74, 6) is 3.21. The molecular weight excluding hydrogens is 426 g/mol. The SMILES string of the molecule is CC(C)N/C(=N\C=N)c1cn2c(n1)-c1ccc(N3CCCC3C3CCN(C)CC3)cc1OCC2. The van der Waals surface area contributed by atoms with E-state index in [2.05, 4.69) is 63.8 Å². The van der Waals surface area contributed by atoms with Crippen molar-refractivity contribution in [3.63, 3.8) is 0 Å². The summed E-state index contributed by atoms with van der Waals surface area (Å²) >= 11 is 0. The van der Waals surface area contributed by atoms with Crippen LogP contribution in [0, 0.1) is 11.3 Å². The van der Waals surface area contributed by atoms with E-state index in [1.54, 1.807) is 0 Å². The fourth-order valence-corrected chi connectivity index (χ4v) is 5.70. The highest BCUT2D eigenvalue weighted by Crippen LogP contribution is 2.39. The number of aliphatic imine (C=N–C) groups is 1. The van der Waals surface area contributed by atoms with Gasteiger partial charge < -0.3 is 24.4 Å². The summed E-state index contributed by atoms with van der Waals surface area (Å²) < 4.78 is 8.36. The number of ether oxygens (including phenoxy) is 1. The number of aromatic nitrogens is 2. The van der Waals surface area contributed by atoms with Crippen LogP contribution in [0.25, 0.3) is 11.4 Å². The van der Waals surface area contributed by atoms with Crippen LogP contribution < -0.4 is 15.0 Å². The molecule has 0 aliphatic carbocycles. The number of hydrogen-bond donors (Lipinski definition) is 2. The monoisotopic (exact) mass is 463 g/mol. The zero-order valence-electron chi connectivity index (χ0n) is 20.6. The van der Waals surface area contributed by atoms with Gasteiger partial charge in [0.1, 0.15) is 30.2 Å². The van der Waals surface area contributed by atoms with Crippen LogP contribution in [0.2, 0.25) is 0 Å². The van der Waals surface area contributed by atoms with Crippen molar-refractivity contribution >= 4 is 17.9 Å². The number of piperidine rings is 1. The molecule has 1 atom stereocenters. The molecular formula is C26H37N7O. The van der Waals surface area contributed by atoms with Crippen LogP contribution in [0.15, 0.2) is 29.4 Å². The quantitative estimate of drug-likeness (QED) is 0.523. The number of fused-ring (bicyclic) bond motifs is 3. The van der Waals surface area contributed by atoms with Crippen LogP contribution in [-0.2, 0) is 6.54 Å². The van der Waals surface area contributed by atoms with Crippen molar-refractivity contribution in [2.24, 2.45) is 10.9 Å². The molecule has 1 aromatic heterocycles. The van der Waals surface area contributed by atoms with E-state index in [-0.39, 0.29) is 6.04 Å². The van der Waals surface area contributed by atoms with Gasteiger partial charge in [-0.3, -0.25) is 5.41 Å². The molecule has 0 amide bonds. The lowest BCUT2D eigenvalue weighted by molar-refractivity contribution is 0.199. The van der Waals surface area contributed by atoms with Gasteiger partial charge in [0.25, 0.3) is 0 Å². The molecule has 5 rings (SSSR count).